The predicted octanol–water partition coefficient (Wildman–Crippen LogP) is -14.6. The summed E-state index contributed by atoms with van der Waals surface area (Å²) in [5, 5.41) is 0. The van der Waals surface area contributed by atoms with Crippen LogP contribution in [-0.4, -0.2) is 0 Å². The second-order valence-electron chi connectivity index (χ2n) is 0.894. The van der Waals surface area contributed by atoms with Gasteiger partial charge in [-0.3, -0.25) is 0 Å². The fourth-order valence-electron chi connectivity index (χ4n) is 0. The van der Waals surface area contributed by atoms with Crippen LogP contribution in [-0.2, 0) is 9.13 Å². The topological polar surface area (TPSA) is 172 Å². The molecule has 0 saturated heterocycles. The monoisotopic (exact) mass is 466 g/mol. The molecule has 14 heteroatoms. The van der Waals surface area contributed by atoms with Gasteiger partial charge in [-0.1, -0.05) is 0 Å². The molecule has 0 aliphatic carbocycles. The van der Waals surface area contributed by atoms with E-state index in [0.717, 1.165) is 0 Å². The van der Waals surface area contributed by atoms with Gasteiger partial charge < -0.3 is 38.5 Å². The molecule has 0 saturated carbocycles. The van der Waals surface area contributed by atoms with E-state index in [2.05, 4.69) is 0 Å². The van der Waals surface area contributed by atoms with Gasteiger partial charge in [-0.25, -0.2) is 0 Å². The van der Waals surface area contributed by atoms with E-state index in [0.29, 0.717) is 0 Å². The zero-order valence-corrected chi connectivity index (χ0v) is 20.8. The molecule has 0 aromatic carbocycles. The Bertz CT molecular complexity index is 135. The molecule has 0 aliphatic rings. The first kappa shape index (κ1) is 37.0. The summed E-state index contributed by atoms with van der Waals surface area (Å²) in [6, 6.07) is 0. The summed E-state index contributed by atoms with van der Waals surface area (Å²) in [6.45, 7) is 0. The van der Waals surface area contributed by atoms with Crippen LogP contribution < -0.4 is 184 Å². The molecule has 0 rings (SSSR count). The fraction of sp³-hybridized carbons (Fsp3) is 0. The maximum absolute atomic E-state index is 8.55. The van der Waals surface area contributed by atoms with Crippen LogP contribution in [0.3, 0.4) is 0 Å². The minimum Gasteiger partial charge on any atom is -0.822 e. The van der Waals surface area contributed by atoms with Crippen molar-refractivity contribution in [1.82, 2.24) is 0 Å². The molecule has 14 heavy (non-hydrogen) atoms. The van der Waals surface area contributed by atoms with Gasteiger partial charge in [0.25, 0.3) is 0 Å². The molecule has 0 fully saturated rings. The van der Waals surface area contributed by atoms with Crippen molar-refractivity contribution >= 4 is 15.6 Å². The van der Waals surface area contributed by atoms with Crippen molar-refractivity contribution in [2.75, 3.05) is 0 Å². The van der Waals surface area contributed by atoms with Crippen LogP contribution in [0.2, 0.25) is 0 Å². The summed E-state index contributed by atoms with van der Waals surface area (Å²) in [6.07, 6.45) is 0. The maximum Gasteiger partial charge on any atom is 3.00 e. The molecule has 0 atom stereocenters. The summed E-state index contributed by atoms with van der Waals surface area (Å²) < 4.78 is 17.1. The minimum absolute atomic E-state index is 0. The van der Waals surface area contributed by atoms with Gasteiger partial charge in [0, 0.05) is 0 Å². The number of hydrogen-bond donors (Lipinski definition) is 0. The van der Waals surface area contributed by atoms with Gasteiger partial charge in [-0.05, 0) is 0 Å². The van der Waals surface area contributed by atoms with Crippen LogP contribution in [0.15, 0.2) is 0 Å². The van der Waals surface area contributed by atoms with Gasteiger partial charge in [0.2, 0.25) is 0 Å². The number of phosphoric acid groups is 2. The van der Waals surface area contributed by atoms with Crippen LogP contribution in [0.1, 0.15) is 0 Å². The minimum atomic E-state index is -5.39. The fourth-order valence-corrected chi connectivity index (χ4v) is 0. The van der Waals surface area contributed by atoms with Gasteiger partial charge in [-0.15, -0.1) is 0 Å². The smallest absolute Gasteiger partial charge is 0.822 e. The zero-order chi connectivity index (χ0) is 9.00. The Morgan fingerprint density at radius 2 is 0.571 bits per heavy atom. The van der Waals surface area contributed by atoms with Crippen molar-refractivity contribution < 1.29 is 231 Å². The zero-order valence-electron chi connectivity index (χ0n) is 7.49. The van der Waals surface area contributed by atoms with E-state index in [1.165, 1.54) is 0 Å². The molecule has 70 valence electrons. The van der Waals surface area contributed by atoms with Gasteiger partial charge in [0.1, 0.15) is 0 Å². The predicted molar refractivity (Wildman–Crippen MR) is 15.2 cm³/mol. The second kappa shape index (κ2) is 19.4. The average molecular weight is 466 g/mol. The van der Waals surface area contributed by atoms with Crippen molar-refractivity contribution in [3.05, 3.63) is 0 Å². The number of hydrogen-bond acceptors (Lipinski definition) is 8. The van der Waals surface area contributed by atoms with Crippen molar-refractivity contribution in [3.8, 4) is 0 Å². The summed E-state index contributed by atoms with van der Waals surface area (Å²) in [7, 11) is -10.8. The van der Waals surface area contributed by atoms with Crippen molar-refractivity contribution in [1.29, 1.82) is 0 Å². The third-order valence-electron chi connectivity index (χ3n) is 0. The van der Waals surface area contributed by atoms with E-state index < -0.39 is 15.6 Å². The normalized spacial score (nSPS) is 8.43. The third-order valence-corrected chi connectivity index (χ3v) is 0. The van der Waals surface area contributed by atoms with Gasteiger partial charge in [0.05, 0.1) is 0 Å². The molecule has 0 spiro atoms. The Kier molecular flexibility index (Phi) is 51.4. The molecule has 0 bridgehead atoms. The summed E-state index contributed by atoms with van der Waals surface area (Å²) in [5.74, 6) is 0. The SMILES string of the molecule is O=P([O-])([O-])[O-].O=P([O-])([O-])[O-].[K+].[K+].[K+].[Tb+3]. The molecule has 0 aromatic rings. The first-order valence-corrected chi connectivity index (χ1v) is 4.38. The quantitative estimate of drug-likeness (QED) is 0.250. The van der Waals surface area contributed by atoms with E-state index in [4.69, 9.17) is 38.5 Å². The summed E-state index contributed by atoms with van der Waals surface area (Å²) >= 11 is 0. The van der Waals surface area contributed by atoms with Gasteiger partial charge in [0.15, 0.2) is 0 Å². The summed E-state index contributed by atoms with van der Waals surface area (Å²) in [5.41, 5.74) is 0. The van der Waals surface area contributed by atoms with Crippen molar-refractivity contribution in [2.24, 2.45) is 0 Å². The maximum atomic E-state index is 8.55. The Morgan fingerprint density at radius 3 is 0.571 bits per heavy atom. The van der Waals surface area contributed by atoms with Crippen LogP contribution in [0.4, 0.5) is 0 Å². The van der Waals surface area contributed by atoms with E-state index in [1.54, 1.807) is 0 Å². The van der Waals surface area contributed by atoms with E-state index >= 15 is 0 Å². The van der Waals surface area contributed by atoms with Crippen LogP contribution in [0.5, 0.6) is 0 Å². The van der Waals surface area contributed by atoms with Crippen molar-refractivity contribution in [2.45, 2.75) is 0 Å². The van der Waals surface area contributed by atoms with Gasteiger partial charge in [-0.2, -0.15) is 15.6 Å². The Balaban J connectivity index is -0.0000000178. The van der Waals surface area contributed by atoms with E-state index in [-0.39, 0.29) is 193 Å². The van der Waals surface area contributed by atoms with E-state index in [9.17, 15) is 0 Å². The Hall–Kier alpha value is 6.41. The molecule has 0 unspecified atom stereocenters. The first-order valence-electron chi connectivity index (χ1n) is 1.46. The summed E-state index contributed by atoms with van der Waals surface area (Å²) in [4.78, 5) is 51.3. The van der Waals surface area contributed by atoms with Crippen LogP contribution >= 0.6 is 15.6 Å². The number of rotatable bonds is 0. The third kappa shape index (κ3) is 136. The van der Waals surface area contributed by atoms with E-state index in [1.807, 2.05) is 0 Å². The Labute approximate surface area is 239 Å². The van der Waals surface area contributed by atoms with Crippen molar-refractivity contribution in [3.63, 3.8) is 0 Å². The van der Waals surface area contributed by atoms with Gasteiger partial charge >= 0.3 is 193 Å². The van der Waals surface area contributed by atoms with Crippen LogP contribution in [0, 0.1) is 38.6 Å². The molecule has 0 radical (unpaired) electrons. The second-order valence-corrected chi connectivity index (χ2v) is 2.68. The average Bonchev–Trinajstić information content (AvgIpc) is 1.12. The molecule has 0 aromatic heterocycles. The van der Waals surface area contributed by atoms with Crippen LogP contribution in [0.25, 0.3) is 0 Å². The first-order chi connectivity index (χ1) is 4.00. The molecule has 0 heterocycles. The molecule has 0 N–H and O–H groups in total. The molecule has 0 aliphatic heterocycles. The Morgan fingerprint density at radius 1 is 0.571 bits per heavy atom. The standard InChI is InChI=1S/3K.2H3O4P.Tb/c;;;2*1-5(2,3)4;/h;;;2*(H3,1,2,3,4);/q3*+1;;;+3/p-6. The largest absolute Gasteiger partial charge is 3.00 e. The molecular weight excluding hydrogens is 466 g/mol. The molecule has 0 amide bonds. The molecular formula is K3O8P2Tb. The molecule has 8 nitrogen and oxygen atoms in total.